The van der Waals surface area contributed by atoms with Crippen LogP contribution in [-0.2, 0) is 11.3 Å². The Labute approximate surface area is 113 Å². The third-order valence-electron chi connectivity index (χ3n) is 4.12. The molecule has 2 fully saturated rings. The standard InChI is InChI=1S/C14H21N3O2/c18-14-8-13(16-12-2-1-3-12)9-15-17(14)10-11-4-6-19-7-5-11/h8-9,11-12,16H,1-7,10H2. The van der Waals surface area contributed by atoms with Gasteiger partial charge in [-0.2, -0.15) is 5.10 Å². The van der Waals surface area contributed by atoms with Crippen molar-refractivity contribution in [1.82, 2.24) is 9.78 Å². The number of hydrogen-bond acceptors (Lipinski definition) is 4. The fourth-order valence-electron chi connectivity index (χ4n) is 2.61. The molecule has 1 aromatic rings. The summed E-state index contributed by atoms with van der Waals surface area (Å²) >= 11 is 0. The largest absolute Gasteiger partial charge is 0.381 e. The van der Waals surface area contributed by atoms with Crippen molar-refractivity contribution >= 4 is 5.69 Å². The van der Waals surface area contributed by atoms with Gasteiger partial charge in [0.25, 0.3) is 5.56 Å². The fraction of sp³-hybridized carbons (Fsp3) is 0.714. The summed E-state index contributed by atoms with van der Waals surface area (Å²) in [6.45, 7) is 2.33. The van der Waals surface area contributed by atoms with E-state index in [0.717, 1.165) is 31.7 Å². The molecule has 1 aromatic heterocycles. The highest BCUT2D eigenvalue weighted by Gasteiger charge is 2.18. The van der Waals surface area contributed by atoms with Gasteiger partial charge in [-0.3, -0.25) is 4.79 Å². The van der Waals surface area contributed by atoms with Gasteiger partial charge < -0.3 is 10.1 Å². The monoisotopic (exact) mass is 263 g/mol. The molecule has 2 heterocycles. The molecular formula is C14H21N3O2. The summed E-state index contributed by atoms with van der Waals surface area (Å²) in [5.41, 5.74) is 0.855. The molecule has 0 unspecified atom stereocenters. The molecule has 1 aliphatic carbocycles. The zero-order valence-electron chi connectivity index (χ0n) is 11.2. The van der Waals surface area contributed by atoms with Gasteiger partial charge in [0.05, 0.1) is 11.9 Å². The molecule has 1 N–H and O–H groups in total. The van der Waals surface area contributed by atoms with E-state index < -0.39 is 0 Å². The van der Waals surface area contributed by atoms with Crippen LogP contribution in [0.3, 0.4) is 0 Å². The van der Waals surface area contributed by atoms with Crippen LogP contribution >= 0.6 is 0 Å². The van der Waals surface area contributed by atoms with Crippen molar-refractivity contribution in [2.24, 2.45) is 5.92 Å². The van der Waals surface area contributed by atoms with Gasteiger partial charge >= 0.3 is 0 Å². The summed E-state index contributed by atoms with van der Waals surface area (Å²) in [6.07, 6.45) is 7.51. The summed E-state index contributed by atoms with van der Waals surface area (Å²) in [5, 5.41) is 7.64. The Bertz CT molecular complexity index is 476. The predicted molar refractivity (Wildman–Crippen MR) is 73.3 cm³/mol. The highest BCUT2D eigenvalue weighted by molar-refractivity contribution is 5.40. The van der Waals surface area contributed by atoms with Crippen LogP contribution in [0.15, 0.2) is 17.1 Å². The van der Waals surface area contributed by atoms with E-state index in [0.29, 0.717) is 18.5 Å². The summed E-state index contributed by atoms with van der Waals surface area (Å²) in [4.78, 5) is 12.0. The molecular weight excluding hydrogens is 242 g/mol. The zero-order chi connectivity index (χ0) is 13.1. The van der Waals surface area contributed by atoms with Crippen molar-refractivity contribution < 1.29 is 4.74 Å². The number of hydrogen-bond donors (Lipinski definition) is 1. The minimum atomic E-state index is -0.00387. The lowest BCUT2D eigenvalue weighted by atomic mass is 9.93. The molecule has 1 saturated heterocycles. The zero-order valence-corrected chi connectivity index (χ0v) is 11.2. The van der Waals surface area contributed by atoms with E-state index >= 15 is 0 Å². The first-order chi connectivity index (χ1) is 9.31. The third kappa shape index (κ3) is 3.15. The quantitative estimate of drug-likeness (QED) is 0.897. The topological polar surface area (TPSA) is 56.2 Å². The van der Waals surface area contributed by atoms with Gasteiger partial charge in [-0.25, -0.2) is 4.68 Å². The Morgan fingerprint density at radius 1 is 1.32 bits per heavy atom. The van der Waals surface area contributed by atoms with Crippen LogP contribution in [0.1, 0.15) is 32.1 Å². The molecule has 1 aliphatic heterocycles. The summed E-state index contributed by atoms with van der Waals surface area (Å²) in [6, 6.07) is 2.21. The van der Waals surface area contributed by atoms with Gasteiger partial charge in [0.1, 0.15) is 0 Å². The van der Waals surface area contributed by atoms with Crippen molar-refractivity contribution in [2.75, 3.05) is 18.5 Å². The van der Waals surface area contributed by atoms with Crippen LogP contribution in [0.5, 0.6) is 0 Å². The van der Waals surface area contributed by atoms with Crippen molar-refractivity contribution in [2.45, 2.75) is 44.7 Å². The van der Waals surface area contributed by atoms with E-state index in [2.05, 4.69) is 10.4 Å². The van der Waals surface area contributed by atoms with Crippen molar-refractivity contribution in [1.29, 1.82) is 0 Å². The van der Waals surface area contributed by atoms with E-state index in [-0.39, 0.29) is 5.56 Å². The molecule has 19 heavy (non-hydrogen) atoms. The lowest BCUT2D eigenvalue weighted by molar-refractivity contribution is 0.0596. The number of nitrogens with one attached hydrogen (secondary N) is 1. The number of ether oxygens (including phenoxy) is 1. The number of aromatic nitrogens is 2. The molecule has 0 spiro atoms. The number of anilines is 1. The molecule has 0 radical (unpaired) electrons. The molecule has 1 saturated carbocycles. The number of rotatable bonds is 4. The van der Waals surface area contributed by atoms with Crippen LogP contribution in [0.25, 0.3) is 0 Å². The SMILES string of the molecule is O=c1cc(NC2CCC2)cnn1CC1CCOCC1. The average Bonchev–Trinajstić information content (AvgIpc) is 2.38. The maximum absolute atomic E-state index is 12.0. The van der Waals surface area contributed by atoms with Gasteiger partial charge in [-0.1, -0.05) is 0 Å². The highest BCUT2D eigenvalue weighted by Crippen LogP contribution is 2.22. The molecule has 3 rings (SSSR count). The van der Waals surface area contributed by atoms with Crippen LogP contribution in [0, 0.1) is 5.92 Å². The smallest absolute Gasteiger partial charge is 0.268 e. The van der Waals surface area contributed by atoms with E-state index in [4.69, 9.17) is 4.74 Å². The first kappa shape index (κ1) is 12.7. The molecule has 0 bridgehead atoms. The van der Waals surface area contributed by atoms with E-state index in [1.54, 1.807) is 16.9 Å². The van der Waals surface area contributed by atoms with E-state index in [1.807, 2.05) is 0 Å². The third-order valence-corrected chi connectivity index (χ3v) is 4.12. The molecule has 2 aliphatic rings. The van der Waals surface area contributed by atoms with E-state index in [9.17, 15) is 4.79 Å². The fourth-order valence-corrected chi connectivity index (χ4v) is 2.61. The summed E-state index contributed by atoms with van der Waals surface area (Å²) in [7, 11) is 0. The van der Waals surface area contributed by atoms with E-state index in [1.165, 1.54) is 19.3 Å². The molecule has 0 amide bonds. The maximum atomic E-state index is 12.0. The second-order valence-corrected chi connectivity index (χ2v) is 5.59. The lowest BCUT2D eigenvalue weighted by Crippen LogP contribution is -2.31. The Hall–Kier alpha value is -1.36. The van der Waals surface area contributed by atoms with Crippen LogP contribution < -0.4 is 10.9 Å². The number of nitrogens with zero attached hydrogens (tertiary/aromatic N) is 2. The minimum absolute atomic E-state index is 0.00387. The second kappa shape index (κ2) is 5.74. The Kier molecular flexibility index (Phi) is 3.82. The van der Waals surface area contributed by atoms with Gasteiger partial charge in [-0.15, -0.1) is 0 Å². The van der Waals surface area contributed by atoms with Gasteiger partial charge in [0.15, 0.2) is 0 Å². The first-order valence-electron chi connectivity index (χ1n) is 7.23. The van der Waals surface area contributed by atoms with Gasteiger partial charge in [0.2, 0.25) is 0 Å². The Morgan fingerprint density at radius 3 is 2.74 bits per heavy atom. The maximum Gasteiger partial charge on any atom is 0.268 e. The normalized spacial score (nSPS) is 21.1. The second-order valence-electron chi connectivity index (χ2n) is 5.59. The molecule has 0 aromatic carbocycles. The van der Waals surface area contributed by atoms with Crippen LogP contribution in [0.2, 0.25) is 0 Å². The van der Waals surface area contributed by atoms with Gasteiger partial charge in [-0.05, 0) is 38.0 Å². The highest BCUT2D eigenvalue weighted by atomic mass is 16.5. The predicted octanol–water partition coefficient (Wildman–Crippen LogP) is 1.63. The van der Waals surface area contributed by atoms with Crippen molar-refractivity contribution in [3.8, 4) is 0 Å². The first-order valence-corrected chi connectivity index (χ1v) is 7.23. The average molecular weight is 263 g/mol. The molecule has 104 valence electrons. The Morgan fingerprint density at radius 2 is 2.11 bits per heavy atom. The van der Waals surface area contributed by atoms with Gasteiger partial charge in [0, 0.05) is 31.9 Å². The van der Waals surface area contributed by atoms with Crippen LogP contribution in [-0.4, -0.2) is 29.0 Å². The minimum Gasteiger partial charge on any atom is -0.381 e. The molecule has 5 heteroatoms. The lowest BCUT2D eigenvalue weighted by Gasteiger charge is -2.27. The van der Waals surface area contributed by atoms with Crippen molar-refractivity contribution in [3.05, 3.63) is 22.6 Å². The molecule has 0 atom stereocenters. The van der Waals surface area contributed by atoms with Crippen molar-refractivity contribution in [3.63, 3.8) is 0 Å². The Balaban J connectivity index is 1.63. The summed E-state index contributed by atoms with van der Waals surface area (Å²) in [5.74, 6) is 0.518. The summed E-state index contributed by atoms with van der Waals surface area (Å²) < 4.78 is 6.92. The van der Waals surface area contributed by atoms with Crippen LogP contribution in [0.4, 0.5) is 5.69 Å². The molecule has 5 nitrogen and oxygen atoms in total.